The zero-order valence-corrected chi connectivity index (χ0v) is 19.5. The molecule has 2 aromatic carbocycles. The van der Waals surface area contributed by atoms with E-state index < -0.39 is 45.7 Å². The van der Waals surface area contributed by atoms with E-state index in [9.17, 15) is 27.2 Å². The number of nitrogens with zero attached hydrogens (tertiary/aromatic N) is 2. The Morgan fingerprint density at radius 3 is 2.26 bits per heavy atom. The van der Waals surface area contributed by atoms with Crippen LogP contribution < -0.4 is 4.90 Å². The minimum absolute atomic E-state index is 0.127. The van der Waals surface area contributed by atoms with Gasteiger partial charge in [0.25, 0.3) is 5.91 Å². The molecule has 1 saturated carbocycles. The van der Waals surface area contributed by atoms with Gasteiger partial charge in [-0.2, -0.15) is 4.31 Å². The third-order valence-corrected chi connectivity index (χ3v) is 8.12. The normalized spacial score (nSPS) is 19.3. The molecule has 8 nitrogen and oxygen atoms in total. The van der Waals surface area contributed by atoms with Crippen molar-refractivity contribution in [2.45, 2.75) is 56.0 Å². The molecule has 0 aromatic heterocycles. The van der Waals surface area contributed by atoms with Gasteiger partial charge >= 0.3 is 5.97 Å². The number of esters is 1. The molecule has 1 unspecified atom stereocenters. The van der Waals surface area contributed by atoms with Crippen LogP contribution in [-0.4, -0.2) is 49.2 Å². The molecule has 1 heterocycles. The van der Waals surface area contributed by atoms with Gasteiger partial charge in [0.1, 0.15) is 11.9 Å². The van der Waals surface area contributed by atoms with Crippen LogP contribution in [-0.2, 0) is 24.3 Å². The van der Waals surface area contributed by atoms with Gasteiger partial charge in [-0.25, -0.2) is 22.5 Å². The molecule has 1 saturated heterocycles. The molecule has 1 aliphatic heterocycles. The molecule has 10 heteroatoms. The lowest BCUT2D eigenvalue weighted by Crippen LogP contribution is -2.49. The van der Waals surface area contributed by atoms with Crippen LogP contribution in [0.25, 0.3) is 0 Å². The maximum atomic E-state index is 13.6. The topological polar surface area (TPSA) is 101 Å². The van der Waals surface area contributed by atoms with Gasteiger partial charge < -0.3 is 4.74 Å². The fourth-order valence-electron chi connectivity index (χ4n) is 4.55. The highest BCUT2D eigenvalue weighted by molar-refractivity contribution is 7.89. The standard InChI is InChI=1S/C24H25FN2O6S/c1-2-33-24(30)16-7-11-18(12-8-16)26-22(28)15-21(23(26)29)27(19-5-3-4-6-19)34(31,32)20-13-9-17(25)10-14-20/h7-14,19,21H,2-6,15H2,1H3. The van der Waals surface area contributed by atoms with Crippen LogP contribution in [0.15, 0.2) is 53.4 Å². The summed E-state index contributed by atoms with van der Waals surface area (Å²) in [6, 6.07) is 8.63. The number of rotatable bonds is 7. The lowest BCUT2D eigenvalue weighted by atomic mass is 10.1. The monoisotopic (exact) mass is 488 g/mol. The van der Waals surface area contributed by atoms with Crippen molar-refractivity contribution in [3.63, 3.8) is 0 Å². The van der Waals surface area contributed by atoms with Crippen molar-refractivity contribution in [3.8, 4) is 0 Å². The Morgan fingerprint density at radius 2 is 1.68 bits per heavy atom. The van der Waals surface area contributed by atoms with Crippen molar-refractivity contribution in [3.05, 3.63) is 59.9 Å². The van der Waals surface area contributed by atoms with E-state index in [0.29, 0.717) is 12.8 Å². The zero-order chi connectivity index (χ0) is 24.5. The van der Waals surface area contributed by atoms with Gasteiger partial charge in [-0.05, 0) is 68.3 Å². The molecule has 34 heavy (non-hydrogen) atoms. The maximum Gasteiger partial charge on any atom is 0.338 e. The average Bonchev–Trinajstić information content (AvgIpc) is 3.43. The van der Waals surface area contributed by atoms with Crippen LogP contribution in [0.5, 0.6) is 0 Å². The molecule has 2 fully saturated rings. The van der Waals surface area contributed by atoms with Crippen molar-refractivity contribution in [1.29, 1.82) is 0 Å². The number of ether oxygens (including phenoxy) is 1. The summed E-state index contributed by atoms with van der Waals surface area (Å²) in [5.41, 5.74) is 0.517. The lowest BCUT2D eigenvalue weighted by Gasteiger charge is -2.32. The van der Waals surface area contributed by atoms with Gasteiger partial charge in [-0.1, -0.05) is 12.8 Å². The fourth-order valence-corrected chi connectivity index (χ4v) is 6.38. The van der Waals surface area contributed by atoms with E-state index in [4.69, 9.17) is 4.74 Å². The lowest BCUT2D eigenvalue weighted by molar-refractivity contribution is -0.122. The Labute approximate surface area is 197 Å². The Kier molecular flexibility index (Phi) is 6.81. The van der Waals surface area contributed by atoms with Gasteiger partial charge in [0.05, 0.1) is 29.2 Å². The quantitative estimate of drug-likeness (QED) is 0.438. The predicted octanol–water partition coefficient (Wildman–Crippen LogP) is 3.27. The van der Waals surface area contributed by atoms with Gasteiger partial charge in [0.2, 0.25) is 15.9 Å². The van der Waals surface area contributed by atoms with Gasteiger partial charge in [-0.3, -0.25) is 9.59 Å². The first-order valence-corrected chi connectivity index (χ1v) is 12.6. The third kappa shape index (κ3) is 4.47. The summed E-state index contributed by atoms with van der Waals surface area (Å²) < 4.78 is 46.6. The predicted molar refractivity (Wildman–Crippen MR) is 121 cm³/mol. The molecular formula is C24H25FN2O6S. The number of hydrogen-bond acceptors (Lipinski definition) is 6. The van der Waals surface area contributed by atoms with Crippen LogP contribution in [0.2, 0.25) is 0 Å². The highest BCUT2D eigenvalue weighted by Crippen LogP contribution is 2.35. The third-order valence-electron chi connectivity index (χ3n) is 6.14. The summed E-state index contributed by atoms with van der Waals surface area (Å²) in [6.07, 6.45) is 2.48. The SMILES string of the molecule is CCOC(=O)c1ccc(N2C(=O)CC(N(C3CCCC3)S(=O)(=O)c3ccc(F)cc3)C2=O)cc1. The first-order valence-electron chi connectivity index (χ1n) is 11.2. The summed E-state index contributed by atoms with van der Waals surface area (Å²) in [7, 11) is -4.17. The number of sulfonamides is 1. The van der Waals surface area contributed by atoms with Gasteiger partial charge in [0.15, 0.2) is 0 Å². The second kappa shape index (κ2) is 9.63. The Morgan fingerprint density at radius 1 is 1.06 bits per heavy atom. The van der Waals surface area contributed by atoms with Crippen molar-refractivity contribution in [2.24, 2.45) is 0 Å². The second-order valence-electron chi connectivity index (χ2n) is 8.28. The van der Waals surface area contributed by atoms with Crippen molar-refractivity contribution >= 4 is 33.5 Å². The molecule has 2 aromatic rings. The zero-order valence-electron chi connectivity index (χ0n) is 18.6. The largest absolute Gasteiger partial charge is 0.462 e. The van der Waals surface area contributed by atoms with Crippen LogP contribution >= 0.6 is 0 Å². The molecule has 0 N–H and O–H groups in total. The number of amides is 2. The Bertz CT molecular complexity index is 1190. The summed E-state index contributed by atoms with van der Waals surface area (Å²) >= 11 is 0. The fraction of sp³-hybridized carbons (Fsp3) is 0.375. The first-order chi connectivity index (χ1) is 16.2. The summed E-state index contributed by atoms with van der Waals surface area (Å²) in [5, 5.41) is 0. The highest BCUT2D eigenvalue weighted by Gasteiger charge is 2.49. The molecule has 0 bridgehead atoms. The van der Waals surface area contributed by atoms with Gasteiger partial charge in [0, 0.05) is 6.04 Å². The van der Waals surface area contributed by atoms with E-state index in [1.165, 1.54) is 36.4 Å². The highest BCUT2D eigenvalue weighted by atomic mass is 32.2. The van der Waals surface area contributed by atoms with Crippen LogP contribution in [0.3, 0.4) is 0 Å². The Balaban J connectivity index is 1.66. The molecule has 4 rings (SSSR count). The summed E-state index contributed by atoms with van der Waals surface area (Å²) in [5.74, 6) is -2.28. The molecule has 2 aliphatic rings. The van der Waals surface area contributed by atoms with Gasteiger partial charge in [-0.15, -0.1) is 0 Å². The number of benzene rings is 2. The molecule has 0 radical (unpaired) electrons. The minimum Gasteiger partial charge on any atom is -0.462 e. The van der Waals surface area contributed by atoms with E-state index in [-0.39, 0.29) is 29.2 Å². The van der Waals surface area contributed by atoms with E-state index >= 15 is 0 Å². The molecule has 1 aliphatic carbocycles. The molecule has 180 valence electrons. The van der Waals surface area contributed by atoms with E-state index in [2.05, 4.69) is 0 Å². The van der Waals surface area contributed by atoms with E-state index in [0.717, 1.165) is 34.2 Å². The van der Waals surface area contributed by atoms with Crippen molar-refractivity contribution < 1.29 is 31.9 Å². The Hall–Kier alpha value is -3.11. The summed E-state index contributed by atoms with van der Waals surface area (Å²) in [6.45, 7) is 1.90. The molecular weight excluding hydrogens is 463 g/mol. The average molecular weight is 489 g/mol. The number of carbonyl (C=O) groups is 3. The van der Waals surface area contributed by atoms with Crippen molar-refractivity contribution in [2.75, 3.05) is 11.5 Å². The maximum absolute atomic E-state index is 13.6. The molecule has 1 atom stereocenters. The van der Waals surface area contributed by atoms with Crippen LogP contribution in [0, 0.1) is 5.82 Å². The van der Waals surface area contributed by atoms with E-state index in [1.807, 2.05) is 0 Å². The van der Waals surface area contributed by atoms with Crippen LogP contribution in [0.4, 0.5) is 10.1 Å². The number of anilines is 1. The molecule has 2 amide bonds. The van der Waals surface area contributed by atoms with E-state index in [1.54, 1.807) is 6.92 Å². The molecule has 0 spiro atoms. The van der Waals surface area contributed by atoms with Crippen LogP contribution in [0.1, 0.15) is 49.4 Å². The number of hydrogen-bond donors (Lipinski definition) is 0. The first kappa shape index (κ1) is 24.0. The number of carbonyl (C=O) groups excluding carboxylic acids is 3. The van der Waals surface area contributed by atoms with Crippen molar-refractivity contribution in [1.82, 2.24) is 4.31 Å². The number of halogens is 1. The smallest absolute Gasteiger partial charge is 0.338 e. The second-order valence-corrected chi connectivity index (χ2v) is 10.1. The summed E-state index contributed by atoms with van der Waals surface area (Å²) in [4.78, 5) is 39.0. The minimum atomic E-state index is -4.17. The number of imide groups is 1.